The van der Waals surface area contributed by atoms with Gasteiger partial charge in [0.15, 0.2) is 0 Å². The van der Waals surface area contributed by atoms with Crippen LogP contribution in [0.15, 0.2) is 52.5 Å². The third kappa shape index (κ3) is 5.53. The van der Waals surface area contributed by atoms with Crippen molar-refractivity contribution in [2.45, 2.75) is 24.9 Å². The maximum Gasteiger partial charge on any atom is 0.416 e. The van der Waals surface area contributed by atoms with Gasteiger partial charge in [-0.15, -0.1) is 0 Å². The van der Waals surface area contributed by atoms with Crippen molar-refractivity contribution in [2.24, 2.45) is 4.99 Å². The fourth-order valence-corrected chi connectivity index (χ4v) is 5.78. The van der Waals surface area contributed by atoms with E-state index in [1.54, 1.807) is 23.1 Å². The van der Waals surface area contributed by atoms with E-state index < -0.39 is 46.7 Å². The molecule has 3 aromatic rings. The molecule has 2 aliphatic rings. The van der Waals surface area contributed by atoms with Crippen LogP contribution in [0.25, 0.3) is 17.0 Å². The summed E-state index contributed by atoms with van der Waals surface area (Å²) in [6.45, 7) is 0.753. The molecule has 0 radical (unpaired) electrons. The molecule has 2 atom stereocenters. The lowest BCUT2D eigenvalue weighted by molar-refractivity contribution is -0.143. The van der Waals surface area contributed by atoms with E-state index in [0.717, 1.165) is 6.07 Å². The Labute approximate surface area is 225 Å². The minimum absolute atomic E-state index is 0.0413. The Morgan fingerprint density at radius 1 is 1.10 bits per heavy atom. The average molecular weight is 586 g/mol. The van der Waals surface area contributed by atoms with Crippen molar-refractivity contribution >= 4 is 38.9 Å². The zero-order valence-corrected chi connectivity index (χ0v) is 21.3. The summed E-state index contributed by atoms with van der Waals surface area (Å²) in [6, 6.07) is 5.92. The van der Waals surface area contributed by atoms with Crippen LogP contribution in [0.1, 0.15) is 22.3 Å². The second kappa shape index (κ2) is 10.4. The molecule has 1 aromatic heterocycles. The van der Waals surface area contributed by atoms with Crippen molar-refractivity contribution in [3.05, 3.63) is 69.8 Å². The highest BCUT2D eigenvalue weighted by atomic mass is 32.2. The van der Waals surface area contributed by atoms with Gasteiger partial charge in [0.2, 0.25) is 5.17 Å². The Bertz CT molecular complexity index is 1560. The number of nitrogens with zero attached hydrogens (tertiary/aromatic N) is 4. The number of nitrogens with one attached hydrogen (secondary N) is 1. The number of hydrogen-bond acceptors (Lipinski definition) is 6. The standard InChI is InChI=1S/C25H21F6N5O3S/c26-24(27,28)17-3-2-15(19(9-17)25(29,30)31)11-36-20-4-1-14(7-16(20)10-33-36)8-21-22(38)34-23(40(21)39)35-6-5-32-18(12-35)13-37/h1-4,7-10,18,32,37H,5-6,11-13H2/t18-,40?/m0/s1. The second-order valence-electron chi connectivity index (χ2n) is 9.24. The molecular formula is C25H21F6N5O3S. The third-order valence-electron chi connectivity index (χ3n) is 6.55. The smallest absolute Gasteiger partial charge is 0.395 e. The molecule has 15 heteroatoms. The summed E-state index contributed by atoms with van der Waals surface area (Å²) in [5.74, 6) is -0.662. The van der Waals surface area contributed by atoms with E-state index in [-0.39, 0.29) is 34.4 Å². The number of benzene rings is 2. The number of fused-ring (bicyclic) bond motifs is 1. The molecule has 3 heterocycles. The predicted octanol–water partition coefficient (Wildman–Crippen LogP) is 3.37. The van der Waals surface area contributed by atoms with Crippen LogP contribution in [0.5, 0.6) is 0 Å². The van der Waals surface area contributed by atoms with E-state index in [2.05, 4.69) is 15.4 Å². The minimum Gasteiger partial charge on any atom is -0.395 e. The maximum absolute atomic E-state index is 13.6. The third-order valence-corrected chi connectivity index (χ3v) is 7.92. The summed E-state index contributed by atoms with van der Waals surface area (Å²) < 4.78 is 94.0. The first kappa shape index (κ1) is 28.0. The monoisotopic (exact) mass is 585 g/mol. The summed E-state index contributed by atoms with van der Waals surface area (Å²) in [6.07, 6.45) is -7.15. The molecule has 2 aliphatic heterocycles. The number of piperazine rings is 1. The van der Waals surface area contributed by atoms with Crippen LogP contribution in [0.4, 0.5) is 26.3 Å². The van der Waals surface area contributed by atoms with Crippen molar-refractivity contribution in [3.8, 4) is 0 Å². The molecule has 0 bridgehead atoms. The summed E-state index contributed by atoms with van der Waals surface area (Å²) in [4.78, 5) is 18.1. The van der Waals surface area contributed by atoms with Gasteiger partial charge in [0.25, 0.3) is 5.91 Å². The van der Waals surface area contributed by atoms with E-state index in [1.807, 2.05) is 0 Å². The van der Waals surface area contributed by atoms with Gasteiger partial charge in [-0.2, -0.15) is 36.4 Å². The van der Waals surface area contributed by atoms with E-state index in [0.29, 0.717) is 42.2 Å². The van der Waals surface area contributed by atoms with Crippen LogP contribution in [0.3, 0.4) is 0 Å². The van der Waals surface area contributed by atoms with Gasteiger partial charge >= 0.3 is 12.4 Å². The molecule has 1 fully saturated rings. The van der Waals surface area contributed by atoms with Crippen LogP contribution < -0.4 is 5.32 Å². The van der Waals surface area contributed by atoms with E-state index in [1.165, 1.54) is 17.0 Å². The van der Waals surface area contributed by atoms with Gasteiger partial charge in [-0.3, -0.25) is 9.48 Å². The lowest BCUT2D eigenvalue weighted by atomic mass is 10.0. The highest BCUT2D eigenvalue weighted by Gasteiger charge is 2.38. The molecule has 8 nitrogen and oxygen atoms in total. The summed E-state index contributed by atoms with van der Waals surface area (Å²) in [5.41, 5.74) is -2.31. The van der Waals surface area contributed by atoms with Gasteiger partial charge in [-0.05, 0) is 41.5 Å². The molecule has 1 saturated heterocycles. The molecule has 0 aliphatic carbocycles. The Morgan fingerprint density at radius 3 is 2.58 bits per heavy atom. The number of aromatic nitrogens is 2. The second-order valence-corrected chi connectivity index (χ2v) is 10.6. The van der Waals surface area contributed by atoms with Crippen LogP contribution in [-0.4, -0.2) is 67.4 Å². The number of aliphatic hydroxyl groups is 1. The van der Waals surface area contributed by atoms with Gasteiger partial charge in [-0.25, -0.2) is 4.21 Å². The van der Waals surface area contributed by atoms with E-state index in [9.17, 15) is 40.5 Å². The van der Waals surface area contributed by atoms with Crippen molar-refractivity contribution in [1.29, 1.82) is 0 Å². The molecule has 40 heavy (non-hydrogen) atoms. The van der Waals surface area contributed by atoms with Gasteiger partial charge in [-0.1, -0.05) is 12.1 Å². The Balaban J connectivity index is 1.39. The fraction of sp³-hybridized carbons (Fsp3) is 0.320. The lowest BCUT2D eigenvalue weighted by Gasteiger charge is -2.33. The molecular weight excluding hydrogens is 564 g/mol. The molecule has 212 valence electrons. The number of carbonyl (C=O) groups excluding carboxylic acids is 1. The number of amides is 1. The van der Waals surface area contributed by atoms with Gasteiger partial charge in [0.1, 0.15) is 15.7 Å². The van der Waals surface area contributed by atoms with Crippen molar-refractivity contribution in [1.82, 2.24) is 20.0 Å². The van der Waals surface area contributed by atoms with Crippen LogP contribution in [0, 0.1) is 0 Å². The van der Waals surface area contributed by atoms with Gasteiger partial charge < -0.3 is 15.3 Å². The van der Waals surface area contributed by atoms with Gasteiger partial charge in [0.05, 0.1) is 36.0 Å². The largest absolute Gasteiger partial charge is 0.416 e. The number of aliphatic imine (C=N–C) groups is 1. The van der Waals surface area contributed by atoms with E-state index in [4.69, 9.17) is 0 Å². The first-order valence-corrected chi connectivity index (χ1v) is 13.1. The molecule has 5 rings (SSSR count). The number of halogens is 6. The zero-order chi connectivity index (χ0) is 28.8. The van der Waals surface area contributed by atoms with Crippen LogP contribution >= 0.6 is 0 Å². The van der Waals surface area contributed by atoms with Crippen molar-refractivity contribution < 1.29 is 40.5 Å². The SMILES string of the molecule is O=C1N=C(N2CCN[C@H](CO)C2)S(=O)C1=Cc1ccc2c(cnn2Cc2ccc(C(F)(F)F)cc2C(F)(F)F)c1. The van der Waals surface area contributed by atoms with Crippen LogP contribution in [-0.2, 0) is 34.5 Å². The number of aliphatic hydroxyl groups excluding tert-OH is 1. The Morgan fingerprint density at radius 2 is 1.88 bits per heavy atom. The Hall–Kier alpha value is -3.56. The first-order valence-electron chi connectivity index (χ1n) is 11.9. The molecule has 2 aromatic carbocycles. The number of carbonyl (C=O) groups is 1. The molecule has 0 saturated carbocycles. The Kier molecular flexibility index (Phi) is 7.31. The minimum atomic E-state index is -5.01. The summed E-state index contributed by atoms with van der Waals surface area (Å²) in [5, 5.41) is 17.2. The van der Waals surface area contributed by atoms with Crippen molar-refractivity contribution in [2.75, 3.05) is 26.2 Å². The number of alkyl halides is 6. The molecule has 2 N–H and O–H groups in total. The number of rotatable bonds is 4. The van der Waals surface area contributed by atoms with Gasteiger partial charge in [0, 0.05) is 31.1 Å². The maximum atomic E-state index is 13.6. The lowest BCUT2D eigenvalue weighted by Crippen LogP contribution is -2.54. The topological polar surface area (TPSA) is 99.8 Å². The summed E-state index contributed by atoms with van der Waals surface area (Å²) in [7, 11) is -1.85. The first-order chi connectivity index (χ1) is 18.8. The molecule has 1 unspecified atom stereocenters. The van der Waals surface area contributed by atoms with Crippen molar-refractivity contribution in [3.63, 3.8) is 0 Å². The fourth-order valence-electron chi connectivity index (χ4n) is 4.57. The predicted molar refractivity (Wildman–Crippen MR) is 134 cm³/mol. The van der Waals surface area contributed by atoms with E-state index >= 15 is 0 Å². The highest BCUT2D eigenvalue weighted by Crippen LogP contribution is 2.38. The number of hydrogen-bond donors (Lipinski definition) is 2. The normalized spacial score (nSPS) is 21.5. The number of amidine groups is 1. The summed E-state index contributed by atoms with van der Waals surface area (Å²) >= 11 is 0. The van der Waals surface area contributed by atoms with Crippen LogP contribution in [0.2, 0.25) is 0 Å². The quantitative estimate of drug-likeness (QED) is 0.360. The zero-order valence-electron chi connectivity index (χ0n) is 20.5. The molecule has 0 spiro atoms. The average Bonchev–Trinajstić information content (AvgIpc) is 3.43. The molecule has 1 amide bonds. The highest BCUT2D eigenvalue weighted by molar-refractivity contribution is 8.05.